The molecule has 150 valence electrons. The van der Waals surface area contributed by atoms with Crippen molar-refractivity contribution in [3.63, 3.8) is 0 Å². The van der Waals surface area contributed by atoms with Crippen LogP contribution in [0.25, 0.3) is 5.52 Å². The maximum atomic E-state index is 13.3. The molecule has 2 aromatic heterocycles. The Labute approximate surface area is 169 Å². The average Bonchev–Trinajstić information content (AvgIpc) is 3.11. The molecule has 1 aromatic carbocycles. The fraction of sp³-hybridized carbons (Fsp3) is 0.100. The van der Waals surface area contributed by atoms with Gasteiger partial charge in [0.05, 0.1) is 36.3 Å². The summed E-state index contributed by atoms with van der Waals surface area (Å²) < 4.78 is 10.8. The summed E-state index contributed by atoms with van der Waals surface area (Å²) in [4.78, 5) is 48.7. The summed E-state index contributed by atoms with van der Waals surface area (Å²) in [5.74, 6) is -2.65. The zero-order chi connectivity index (χ0) is 22.0. The molecule has 0 unspecified atom stereocenters. The molecule has 0 fully saturated rings. The number of rotatable bonds is 5. The van der Waals surface area contributed by atoms with Crippen LogP contribution in [0.2, 0.25) is 0 Å². The second-order valence-electron chi connectivity index (χ2n) is 6.00. The number of benzene rings is 1. The number of esters is 2. The molecule has 0 spiro atoms. The predicted octanol–water partition coefficient (Wildman–Crippen LogP) is 2.52. The van der Waals surface area contributed by atoms with Crippen molar-refractivity contribution in [3.8, 4) is 6.07 Å². The molecule has 0 amide bonds. The van der Waals surface area contributed by atoms with Crippen LogP contribution in [-0.4, -0.2) is 41.3 Å². The number of fused-ring (bicyclic) bond motifs is 1. The van der Waals surface area contributed by atoms with Gasteiger partial charge in [-0.25, -0.2) is 9.59 Å². The van der Waals surface area contributed by atoms with Gasteiger partial charge in [-0.2, -0.15) is 5.26 Å². The van der Waals surface area contributed by atoms with Crippen molar-refractivity contribution in [2.75, 3.05) is 14.2 Å². The zero-order valence-corrected chi connectivity index (χ0v) is 15.7. The third-order valence-electron chi connectivity index (χ3n) is 4.38. The minimum Gasteiger partial charge on any atom is -0.465 e. The number of ether oxygens (including phenoxy) is 2. The highest BCUT2D eigenvalue weighted by Gasteiger charge is 2.33. The molecule has 0 aliphatic rings. The number of nitro benzene ring substituents is 1. The Morgan fingerprint density at radius 2 is 1.73 bits per heavy atom. The minimum absolute atomic E-state index is 0.0745. The number of hydrogen-bond donors (Lipinski definition) is 0. The van der Waals surface area contributed by atoms with Crippen LogP contribution in [0.1, 0.15) is 42.3 Å². The van der Waals surface area contributed by atoms with E-state index in [9.17, 15) is 29.8 Å². The van der Waals surface area contributed by atoms with Crippen LogP contribution < -0.4 is 0 Å². The lowest BCUT2D eigenvalue weighted by Gasteiger charge is -2.06. The SMILES string of the molecule is COC(=O)c1c(C(=O)OC)c2cc(C#N)ccn2c1C(=O)c1cccc([N+](=O)[O-])c1. The number of non-ortho nitro benzene ring substituents is 1. The van der Waals surface area contributed by atoms with Crippen molar-refractivity contribution in [2.24, 2.45) is 0 Å². The first-order valence-corrected chi connectivity index (χ1v) is 8.38. The van der Waals surface area contributed by atoms with Crippen LogP contribution in [0.4, 0.5) is 5.69 Å². The number of carbonyl (C=O) groups excluding carboxylic acids is 3. The lowest BCUT2D eigenvalue weighted by Crippen LogP contribution is -2.15. The summed E-state index contributed by atoms with van der Waals surface area (Å²) in [5.41, 5.74) is -1.00. The molecule has 30 heavy (non-hydrogen) atoms. The van der Waals surface area contributed by atoms with Gasteiger partial charge in [-0.15, -0.1) is 0 Å². The molecule has 0 saturated heterocycles. The molecular weight excluding hydrogens is 394 g/mol. The van der Waals surface area contributed by atoms with Crippen LogP contribution in [0.15, 0.2) is 42.6 Å². The fourth-order valence-electron chi connectivity index (χ4n) is 3.05. The highest BCUT2D eigenvalue weighted by Crippen LogP contribution is 2.29. The summed E-state index contributed by atoms with van der Waals surface area (Å²) >= 11 is 0. The summed E-state index contributed by atoms with van der Waals surface area (Å²) in [6, 6.07) is 9.57. The largest absolute Gasteiger partial charge is 0.465 e. The van der Waals surface area contributed by atoms with Crippen molar-refractivity contribution in [3.05, 3.63) is 80.7 Å². The molecule has 2 heterocycles. The average molecular weight is 407 g/mol. The Balaban J connectivity index is 2.41. The Hall–Kier alpha value is -4.52. The van der Waals surface area contributed by atoms with Gasteiger partial charge in [-0.05, 0) is 12.1 Å². The normalized spacial score (nSPS) is 10.3. The number of hydrogen-bond acceptors (Lipinski definition) is 8. The molecular formula is C20H13N3O7. The third-order valence-corrected chi connectivity index (χ3v) is 4.38. The van der Waals surface area contributed by atoms with E-state index in [1.54, 1.807) is 0 Å². The van der Waals surface area contributed by atoms with Gasteiger partial charge in [-0.1, -0.05) is 12.1 Å². The van der Waals surface area contributed by atoms with Crippen molar-refractivity contribution in [1.82, 2.24) is 4.40 Å². The van der Waals surface area contributed by atoms with Crippen LogP contribution in [0, 0.1) is 21.4 Å². The fourth-order valence-corrected chi connectivity index (χ4v) is 3.05. The van der Waals surface area contributed by atoms with Crippen molar-refractivity contribution < 1.29 is 28.8 Å². The molecule has 0 radical (unpaired) electrons. The highest BCUT2D eigenvalue weighted by atomic mass is 16.6. The first kappa shape index (κ1) is 20.2. The molecule has 0 aliphatic carbocycles. The Kier molecular flexibility index (Phi) is 5.29. The molecule has 0 N–H and O–H groups in total. The van der Waals surface area contributed by atoms with Gasteiger partial charge in [0.25, 0.3) is 5.69 Å². The van der Waals surface area contributed by atoms with E-state index in [2.05, 4.69) is 0 Å². The van der Waals surface area contributed by atoms with Gasteiger partial charge in [0.15, 0.2) is 0 Å². The van der Waals surface area contributed by atoms with Crippen molar-refractivity contribution >= 4 is 28.9 Å². The summed E-state index contributed by atoms with van der Waals surface area (Å²) in [7, 11) is 2.18. The van der Waals surface area contributed by atoms with E-state index in [-0.39, 0.29) is 39.2 Å². The van der Waals surface area contributed by atoms with E-state index in [0.717, 1.165) is 20.3 Å². The van der Waals surface area contributed by atoms with E-state index in [1.807, 2.05) is 6.07 Å². The van der Waals surface area contributed by atoms with Crippen molar-refractivity contribution in [2.45, 2.75) is 0 Å². The number of nitriles is 1. The molecule has 0 atom stereocenters. The molecule has 0 saturated carbocycles. The molecule has 0 aliphatic heterocycles. The molecule has 3 aromatic rings. The van der Waals surface area contributed by atoms with Crippen LogP contribution in [0.3, 0.4) is 0 Å². The number of methoxy groups -OCH3 is 2. The number of nitro groups is 1. The quantitative estimate of drug-likeness (QED) is 0.272. The summed E-state index contributed by atoms with van der Waals surface area (Å²) in [5, 5.41) is 20.3. The second-order valence-corrected chi connectivity index (χ2v) is 6.00. The maximum absolute atomic E-state index is 13.3. The lowest BCUT2D eigenvalue weighted by molar-refractivity contribution is -0.384. The second kappa shape index (κ2) is 7.84. The minimum atomic E-state index is -0.980. The van der Waals surface area contributed by atoms with E-state index < -0.39 is 22.6 Å². The van der Waals surface area contributed by atoms with Crippen LogP contribution >= 0.6 is 0 Å². The standard InChI is InChI=1S/C20H13N3O7/c1-29-19(25)15-14-8-11(10-21)6-7-22(14)17(16(15)20(26)30-2)18(24)12-4-3-5-13(9-12)23(27)28/h3-9H,1-2H3. The number of nitrogens with zero attached hydrogens (tertiary/aromatic N) is 3. The Bertz CT molecular complexity index is 1270. The first-order chi connectivity index (χ1) is 14.3. The zero-order valence-electron chi connectivity index (χ0n) is 15.7. The lowest BCUT2D eigenvalue weighted by atomic mass is 10.0. The van der Waals surface area contributed by atoms with E-state index in [1.165, 1.54) is 40.9 Å². The van der Waals surface area contributed by atoms with Gasteiger partial charge < -0.3 is 13.9 Å². The van der Waals surface area contributed by atoms with Crippen molar-refractivity contribution in [1.29, 1.82) is 5.26 Å². The summed E-state index contributed by atoms with van der Waals surface area (Å²) in [6.07, 6.45) is 1.34. The van der Waals surface area contributed by atoms with Crippen LogP contribution in [-0.2, 0) is 9.47 Å². The van der Waals surface area contributed by atoms with E-state index in [0.29, 0.717) is 0 Å². The number of carbonyl (C=O) groups is 3. The van der Waals surface area contributed by atoms with E-state index in [4.69, 9.17) is 9.47 Å². The Morgan fingerprint density at radius 3 is 2.33 bits per heavy atom. The van der Waals surface area contributed by atoms with Gasteiger partial charge in [0.1, 0.15) is 16.8 Å². The maximum Gasteiger partial charge on any atom is 0.341 e. The molecule has 10 nitrogen and oxygen atoms in total. The molecule has 3 rings (SSSR count). The molecule has 10 heteroatoms. The monoisotopic (exact) mass is 407 g/mol. The number of aromatic nitrogens is 1. The van der Waals surface area contributed by atoms with Gasteiger partial charge >= 0.3 is 11.9 Å². The van der Waals surface area contributed by atoms with Gasteiger partial charge in [-0.3, -0.25) is 14.9 Å². The highest BCUT2D eigenvalue weighted by molar-refractivity contribution is 6.20. The topological polar surface area (TPSA) is 141 Å². The smallest absolute Gasteiger partial charge is 0.341 e. The third kappa shape index (κ3) is 3.24. The number of pyridine rings is 1. The predicted molar refractivity (Wildman–Crippen MR) is 101 cm³/mol. The number of ketones is 1. The molecule has 0 bridgehead atoms. The summed E-state index contributed by atoms with van der Waals surface area (Å²) in [6.45, 7) is 0. The van der Waals surface area contributed by atoms with Crippen LogP contribution in [0.5, 0.6) is 0 Å². The van der Waals surface area contributed by atoms with E-state index >= 15 is 0 Å². The first-order valence-electron chi connectivity index (χ1n) is 8.38. The van der Waals surface area contributed by atoms with Gasteiger partial charge in [0, 0.05) is 23.9 Å². The van der Waals surface area contributed by atoms with Gasteiger partial charge in [0.2, 0.25) is 5.78 Å². The Morgan fingerprint density at radius 1 is 1.07 bits per heavy atom.